The molecule has 1 aromatic carbocycles. The molecule has 0 heterocycles. The van der Waals surface area contributed by atoms with E-state index in [1.807, 2.05) is 6.08 Å². The summed E-state index contributed by atoms with van der Waals surface area (Å²) in [6.07, 6.45) is 3.66. The zero-order chi connectivity index (χ0) is 11.1. The maximum atomic E-state index is 13.1. The van der Waals surface area contributed by atoms with Crippen LogP contribution in [0, 0.1) is 11.6 Å². The van der Waals surface area contributed by atoms with Gasteiger partial charge in [0.15, 0.2) is 0 Å². The molecule has 0 aliphatic heterocycles. The minimum absolute atomic E-state index is 0.374. The van der Waals surface area contributed by atoms with Gasteiger partial charge in [0, 0.05) is 30.6 Å². The molecule has 0 fully saturated rings. The highest BCUT2D eigenvalue weighted by molar-refractivity contribution is 6.18. The molecule has 0 amide bonds. The average molecular weight is 232 g/mol. The van der Waals surface area contributed by atoms with Crippen LogP contribution in [0.4, 0.5) is 8.78 Å². The van der Waals surface area contributed by atoms with E-state index in [2.05, 4.69) is 5.32 Å². The van der Waals surface area contributed by atoms with E-state index in [1.165, 1.54) is 12.1 Å². The zero-order valence-corrected chi connectivity index (χ0v) is 8.90. The summed E-state index contributed by atoms with van der Waals surface area (Å²) in [5, 5.41) is 2.99. The van der Waals surface area contributed by atoms with Crippen molar-refractivity contribution >= 4 is 11.6 Å². The highest BCUT2D eigenvalue weighted by atomic mass is 35.5. The number of allylic oxidation sites excluding steroid dienone is 1. The number of hydrogen-bond acceptors (Lipinski definition) is 1. The molecule has 0 atom stereocenters. The molecule has 1 aromatic rings. The third kappa shape index (κ3) is 4.40. The Morgan fingerprint density at radius 1 is 1.27 bits per heavy atom. The van der Waals surface area contributed by atoms with Gasteiger partial charge in [0.1, 0.15) is 11.6 Å². The lowest BCUT2D eigenvalue weighted by molar-refractivity contribution is 0.565. The minimum atomic E-state index is -0.557. The van der Waals surface area contributed by atoms with Gasteiger partial charge in [-0.1, -0.05) is 18.2 Å². The van der Waals surface area contributed by atoms with Crippen LogP contribution in [0.25, 0.3) is 0 Å². The van der Waals surface area contributed by atoms with Crippen LogP contribution in [0.1, 0.15) is 5.56 Å². The summed E-state index contributed by atoms with van der Waals surface area (Å²) < 4.78 is 25.7. The Labute approximate surface area is 92.8 Å². The predicted molar refractivity (Wildman–Crippen MR) is 57.9 cm³/mol. The van der Waals surface area contributed by atoms with Crippen LogP contribution in [0.3, 0.4) is 0 Å². The smallest absolute Gasteiger partial charge is 0.130 e. The number of hydrogen-bond donors (Lipinski definition) is 1. The molecule has 1 rings (SSSR count). The first kappa shape index (κ1) is 12.1. The van der Waals surface area contributed by atoms with Gasteiger partial charge in [-0.3, -0.25) is 0 Å². The van der Waals surface area contributed by atoms with Crippen molar-refractivity contribution in [1.82, 2.24) is 5.32 Å². The highest BCUT2D eigenvalue weighted by Crippen LogP contribution is 2.08. The van der Waals surface area contributed by atoms with Gasteiger partial charge in [0.2, 0.25) is 0 Å². The number of nitrogens with one attached hydrogen (secondary N) is 1. The molecule has 0 unspecified atom stereocenters. The van der Waals surface area contributed by atoms with Crippen molar-refractivity contribution in [3.63, 3.8) is 0 Å². The normalized spacial score (nSPS) is 11.1. The van der Waals surface area contributed by atoms with Gasteiger partial charge in [0.05, 0.1) is 0 Å². The van der Waals surface area contributed by atoms with Crippen LogP contribution in [-0.2, 0) is 6.54 Å². The Morgan fingerprint density at radius 2 is 2.07 bits per heavy atom. The monoisotopic (exact) mass is 231 g/mol. The van der Waals surface area contributed by atoms with Crippen molar-refractivity contribution in [2.75, 3.05) is 12.4 Å². The van der Waals surface area contributed by atoms with E-state index in [0.29, 0.717) is 24.5 Å². The highest BCUT2D eigenvalue weighted by Gasteiger charge is 2.01. The fraction of sp³-hybridized carbons (Fsp3) is 0.273. The average Bonchev–Trinajstić information content (AvgIpc) is 2.20. The Hall–Kier alpha value is -0.930. The second kappa shape index (κ2) is 6.53. The maximum absolute atomic E-state index is 13.1. The first-order valence-corrected chi connectivity index (χ1v) is 5.13. The summed E-state index contributed by atoms with van der Waals surface area (Å²) in [7, 11) is 0. The van der Waals surface area contributed by atoms with Gasteiger partial charge >= 0.3 is 0 Å². The summed E-state index contributed by atoms with van der Waals surface area (Å²) in [6, 6.07) is 3.56. The van der Waals surface area contributed by atoms with Crippen molar-refractivity contribution in [1.29, 1.82) is 0 Å². The summed E-state index contributed by atoms with van der Waals surface area (Å²) in [6.45, 7) is 0.988. The molecule has 0 saturated carbocycles. The zero-order valence-electron chi connectivity index (χ0n) is 8.14. The van der Waals surface area contributed by atoms with Crippen molar-refractivity contribution in [3.05, 3.63) is 47.5 Å². The number of benzene rings is 1. The molecule has 0 aliphatic rings. The molecule has 0 aromatic heterocycles. The second-order valence-corrected chi connectivity index (χ2v) is 3.30. The molecular weight excluding hydrogens is 220 g/mol. The van der Waals surface area contributed by atoms with E-state index >= 15 is 0 Å². The van der Waals surface area contributed by atoms with E-state index in [0.717, 1.165) is 6.07 Å². The third-order valence-electron chi connectivity index (χ3n) is 1.85. The van der Waals surface area contributed by atoms with Crippen molar-refractivity contribution < 1.29 is 8.78 Å². The second-order valence-electron chi connectivity index (χ2n) is 2.99. The molecule has 82 valence electrons. The SMILES string of the molecule is Fc1ccc(CNC/C=C/CCl)c(F)c1. The van der Waals surface area contributed by atoms with E-state index in [9.17, 15) is 8.78 Å². The van der Waals surface area contributed by atoms with Gasteiger partial charge in [0.25, 0.3) is 0 Å². The van der Waals surface area contributed by atoms with Gasteiger partial charge in [-0.05, 0) is 6.07 Å². The largest absolute Gasteiger partial charge is 0.309 e. The van der Waals surface area contributed by atoms with E-state index in [-0.39, 0.29) is 0 Å². The molecule has 0 spiro atoms. The van der Waals surface area contributed by atoms with Crippen molar-refractivity contribution in [2.24, 2.45) is 0 Å². The summed E-state index contributed by atoms with van der Waals surface area (Å²) in [5.74, 6) is -0.617. The van der Waals surface area contributed by atoms with Crippen LogP contribution >= 0.6 is 11.6 Å². The molecule has 0 bridgehead atoms. The lowest BCUT2D eigenvalue weighted by atomic mass is 10.2. The number of rotatable bonds is 5. The Bertz CT molecular complexity index is 339. The first-order valence-electron chi connectivity index (χ1n) is 4.59. The van der Waals surface area contributed by atoms with Crippen LogP contribution in [0.2, 0.25) is 0 Å². The molecule has 0 aliphatic carbocycles. The molecule has 15 heavy (non-hydrogen) atoms. The van der Waals surface area contributed by atoms with Crippen molar-refractivity contribution in [3.8, 4) is 0 Å². The fourth-order valence-corrected chi connectivity index (χ4v) is 1.23. The van der Waals surface area contributed by atoms with E-state index < -0.39 is 11.6 Å². The number of halogens is 3. The Balaban J connectivity index is 2.40. The van der Waals surface area contributed by atoms with Gasteiger partial charge in [-0.25, -0.2) is 8.78 Å². The molecule has 1 nitrogen and oxygen atoms in total. The Morgan fingerprint density at radius 3 is 2.73 bits per heavy atom. The summed E-state index contributed by atoms with van der Waals surface area (Å²) in [4.78, 5) is 0. The molecule has 0 saturated heterocycles. The lowest BCUT2D eigenvalue weighted by Crippen LogP contribution is -2.14. The van der Waals surface area contributed by atoms with Crippen LogP contribution in [0.15, 0.2) is 30.4 Å². The third-order valence-corrected chi connectivity index (χ3v) is 2.03. The van der Waals surface area contributed by atoms with E-state index in [1.54, 1.807) is 6.08 Å². The van der Waals surface area contributed by atoms with E-state index in [4.69, 9.17) is 11.6 Å². The lowest BCUT2D eigenvalue weighted by Gasteiger charge is -2.03. The summed E-state index contributed by atoms with van der Waals surface area (Å²) in [5.41, 5.74) is 0.454. The quantitative estimate of drug-likeness (QED) is 0.467. The molecule has 1 N–H and O–H groups in total. The van der Waals surface area contributed by atoms with Crippen LogP contribution in [0.5, 0.6) is 0 Å². The molecule has 4 heteroatoms. The predicted octanol–water partition coefficient (Wildman–Crippen LogP) is 2.85. The Kier molecular flexibility index (Phi) is 5.29. The summed E-state index contributed by atoms with van der Waals surface area (Å²) >= 11 is 5.42. The number of alkyl halides is 1. The maximum Gasteiger partial charge on any atom is 0.130 e. The minimum Gasteiger partial charge on any atom is -0.309 e. The van der Waals surface area contributed by atoms with Gasteiger partial charge in [-0.2, -0.15) is 0 Å². The van der Waals surface area contributed by atoms with Crippen LogP contribution < -0.4 is 5.32 Å². The van der Waals surface area contributed by atoms with Crippen molar-refractivity contribution in [2.45, 2.75) is 6.54 Å². The van der Waals surface area contributed by atoms with Gasteiger partial charge < -0.3 is 5.32 Å². The van der Waals surface area contributed by atoms with Gasteiger partial charge in [-0.15, -0.1) is 11.6 Å². The fourth-order valence-electron chi connectivity index (χ4n) is 1.10. The molecular formula is C11H12ClF2N. The molecule has 0 radical (unpaired) electrons. The standard InChI is InChI=1S/C11H12ClF2N/c12-5-1-2-6-15-8-9-3-4-10(13)7-11(9)14/h1-4,7,15H,5-6,8H2/b2-1+. The van der Waals surface area contributed by atoms with Crippen LogP contribution in [-0.4, -0.2) is 12.4 Å². The first-order chi connectivity index (χ1) is 7.24. The topological polar surface area (TPSA) is 12.0 Å².